The first-order valence-electron chi connectivity index (χ1n) is 8.43. The summed E-state index contributed by atoms with van der Waals surface area (Å²) in [7, 11) is 3.96. The van der Waals surface area contributed by atoms with Gasteiger partial charge in [0, 0.05) is 31.8 Å². The average Bonchev–Trinajstić information content (AvgIpc) is 2.99. The maximum Gasteiger partial charge on any atom is 0.243 e. The Morgan fingerprint density at radius 1 is 1.38 bits per heavy atom. The Labute approximate surface area is 142 Å². The number of likely N-dealkylation sites (N-methyl/N-ethyl adjacent to an activating group) is 1. The molecule has 2 heterocycles. The van der Waals surface area contributed by atoms with Gasteiger partial charge in [0.15, 0.2) is 0 Å². The molecule has 2 N–H and O–H groups in total. The smallest absolute Gasteiger partial charge is 0.243 e. The Hall–Kier alpha value is -2.34. The van der Waals surface area contributed by atoms with Crippen molar-refractivity contribution >= 4 is 22.9 Å². The van der Waals surface area contributed by atoms with E-state index >= 15 is 0 Å². The third-order valence-corrected chi connectivity index (χ3v) is 4.26. The Morgan fingerprint density at radius 2 is 2.12 bits per heavy atom. The fraction of sp³-hybridized carbons (Fsp3) is 0.444. The zero-order chi connectivity index (χ0) is 16.9. The van der Waals surface area contributed by atoms with Crippen LogP contribution in [-0.2, 0) is 4.79 Å². The Bertz CT molecular complexity index is 680. The molecule has 1 aromatic carbocycles. The number of rotatable bonds is 5. The van der Waals surface area contributed by atoms with Crippen LogP contribution in [0.25, 0.3) is 11.0 Å². The minimum Gasteiger partial charge on any atom is -0.350 e. The molecule has 6 nitrogen and oxygen atoms in total. The van der Waals surface area contributed by atoms with E-state index in [-0.39, 0.29) is 11.9 Å². The maximum atomic E-state index is 11.9. The number of anilines is 1. The quantitative estimate of drug-likeness (QED) is 0.822. The molecule has 0 aliphatic carbocycles. The molecule has 1 fully saturated rings. The summed E-state index contributed by atoms with van der Waals surface area (Å²) >= 11 is 0. The highest BCUT2D eigenvalue weighted by atomic mass is 16.1. The monoisotopic (exact) mass is 327 g/mol. The van der Waals surface area contributed by atoms with Gasteiger partial charge in [0.1, 0.15) is 0 Å². The van der Waals surface area contributed by atoms with Crippen LogP contribution >= 0.6 is 0 Å². The van der Waals surface area contributed by atoms with Crippen molar-refractivity contribution in [2.75, 3.05) is 38.6 Å². The molecule has 1 amide bonds. The molecule has 6 heteroatoms. The number of hydrogen-bond donors (Lipinski definition) is 2. The van der Waals surface area contributed by atoms with E-state index < -0.39 is 0 Å². The van der Waals surface area contributed by atoms with E-state index in [0.717, 1.165) is 49.5 Å². The first-order chi connectivity index (χ1) is 11.6. The standard InChI is InChI=1S/C18H25N5O/c1-22(2)11-5-8-17(24)19-14-9-12-23(13-10-14)18-20-15-6-3-4-7-16(15)21-18/h3-8,14H,9-13H2,1-2H3,(H,19,24)(H,20,21)/b8-5+. The number of H-pyrrole nitrogens is 1. The zero-order valence-electron chi connectivity index (χ0n) is 14.3. The lowest BCUT2D eigenvalue weighted by molar-refractivity contribution is -0.117. The average molecular weight is 327 g/mol. The summed E-state index contributed by atoms with van der Waals surface area (Å²) < 4.78 is 0. The molecule has 0 atom stereocenters. The number of aromatic nitrogens is 2. The van der Waals surface area contributed by atoms with Crippen molar-refractivity contribution in [2.45, 2.75) is 18.9 Å². The summed E-state index contributed by atoms with van der Waals surface area (Å²) in [6.45, 7) is 2.57. The lowest BCUT2D eigenvalue weighted by atomic mass is 10.1. The number of benzene rings is 1. The van der Waals surface area contributed by atoms with Crippen molar-refractivity contribution in [1.29, 1.82) is 0 Å². The normalized spacial score (nSPS) is 16.4. The van der Waals surface area contributed by atoms with E-state index in [2.05, 4.69) is 20.2 Å². The molecule has 0 radical (unpaired) electrons. The summed E-state index contributed by atoms with van der Waals surface area (Å²) in [5.74, 6) is 0.922. The van der Waals surface area contributed by atoms with Gasteiger partial charge in [-0.15, -0.1) is 0 Å². The maximum absolute atomic E-state index is 11.9. The van der Waals surface area contributed by atoms with Gasteiger partial charge in [0.05, 0.1) is 11.0 Å². The Kier molecular flexibility index (Phi) is 5.15. The van der Waals surface area contributed by atoms with Crippen molar-refractivity contribution in [1.82, 2.24) is 20.2 Å². The van der Waals surface area contributed by atoms with Crippen molar-refractivity contribution in [2.24, 2.45) is 0 Å². The molecule has 128 valence electrons. The van der Waals surface area contributed by atoms with E-state index in [4.69, 9.17) is 0 Å². The summed E-state index contributed by atoms with van der Waals surface area (Å²) in [5, 5.41) is 3.09. The van der Waals surface area contributed by atoms with Gasteiger partial charge in [-0.05, 0) is 39.1 Å². The molecule has 1 aliphatic rings. The fourth-order valence-corrected chi connectivity index (χ4v) is 2.94. The van der Waals surface area contributed by atoms with Gasteiger partial charge in [0.25, 0.3) is 0 Å². The second-order valence-corrected chi connectivity index (χ2v) is 6.51. The van der Waals surface area contributed by atoms with Crippen LogP contribution in [-0.4, -0.2) is 60.5 Å². The second kappa shape index (κ2) is 7.49. The number of para-hydroxylation sites is 2. The first-order valence-corrected chi connectivity index (χ1v) is 8.43. The molecular weight excluding hydrogens is 302 g/mol. The predicted molar refractivity (Wildman–Crippen MR) is 97.2 cm³/mol. The van der Waals surface area contributed by atoms with Crippen molar-refractivity contribution in [3.63, 3.8) is 0 Å². The molecule has 0 saturated carbocycles. The number of imidazole rings is 1. The van der Waals surface area contributed by atoms with Gasteiger partial charge in [-0.2, -0.15) is 0 Å². The van der Waals surface area contributed by atoms with Crippen molar-refractivity contribution in [3.05, 3.63) is 36.4 Å². The Morgan fingerprint density at radius 3 is 2.83 bits per heavy atom. The van der Waals surface area contributed by atoms with Crippen LogP contribution < -0.4 is 10.2 Å². The van der Waals surface area contributed by atoms with Gasteiger partial charge in [-0.3, -0.25) is 4.79 Å². The number of piperidine rings is 1. The lowest BCUT2D eigenvalue weighted by Gasteiger charge is -2.31. The lowest BCUT2D eigenvalue weighted by Crippen LogP contribution is -2.44. The molecular formula is C18H25N5O. The van der Waals surface area contributed by atoms with E-state index in [0.29, 0.717) is 0 Å². The van der Waals surface area contributed by atoms with E-state index in [1.807, 2.05) is 49.3 Å². The third-order valence-electron chi connectivity index (χ3n) is 4.26. The van der Waals surface area contributed by atoms with Gasteiger partial charge < -0.3 is 20.1 Å². The molecule has 3 rings (SSSR count). The number of nitrogens with zero attached hydrogens (tertiary/aromatic N) is 3. The predicted octanol–water partition coefficient (Wildman–Crippen LogP) is 1.77. The first kappa shape index (κ1) is 16.5. The highest BCUT2D eigenvalue weighted by Gasteiger charge is 2.22. The number of carbonyl (C=O) groups excluding carboxylic acids is 1. The highest BCUT2D eigenvalue weighted by molar-refractivity contribution is 5.87. The number of nitrogens with one attached hydrogen (secondary N) is 2. The molecule has 24 heavy (non-hydrogen) atoms. The second-order valence-electron chi connectivity index (χ2n) is 6.51. The summed E-state index contributed by atoms with van der Waals surface area (Å²) in [5.41, 5.74) is 2.06. The third kappa shape index (κ3) is 4.14. The van der Waals surface area contributed by atoms with E-state index in [9.17, 15) is 4.79 Å². The van der Waals surface area contributed by atoms with Crippen molar-refractivity contribution < 1.29 is 4.79 Å². The topological polar surface area (TPSA) is 64.3 Å². The summed E-state index contributed by atoms with van der Waals surface area (Å²) in [4.78, 5) is 24.2. The highest BCUT2D eigenvalue weighted by Crippen LogP contribution is 2.20. The summed E-state index contributed by atoms with van der Waals surface area (Å²) in [6, 6.07) is 8.30. The molecule has 2 aromatic rings. The summed E-state index contributed by atoms with van der Waals surface area (Å²) in [6.07, 6.45) is 5.39. The minimum absolute atomic E-state index is 0.000892. The van der Waals surface area contributed by atoms with Crippen LogP contribution in [0.1, 0.15) is 12.8 Å². The molecule has 1 aromatic heterocycles. The van der Waals surface area contributed by atoms with Gasteiger partial charge >= 0.3 is 0 Å². The number of hydrogen-bond acceptors (Lipinski definition) is 4. The molecule has 1 aliphatic heterocycles. The van der Waals surface area contributed by atoms with Crippen LogP contribution in [0.4, 0.5) is 5.95 Å². The number of carbonyl (C=O) groups is 1. The van der Waals surface area contributed by atoms with E-state index in [1.165, 1.54) is 0 Å². The van der Waals surface area contributed by atoms with Gasteiger partial charge in [-0.1, -0.05) is 18.2 Å². The van der Waals surface area contributed by atoms with Gasteiger partial charge in [-0.25, -0.2) is 4.98 Å². The molecule has 0 spiro atoms. The van der Waals surface area contributed by atoms with Crippen LogP contribution in [0.5, 0.6) is 0 Å². The fourth-order valence-electron chi connectivity index (χ4n) is 2.94. The SMILES string of the molecule is CN(C)C/C=C/C(=O)NC1CCN(c2nc3ccccc3[nH]2)CC1. The van der Waals surface area contributed by atoms with Crippen molar-refractivity contribution in [3.8, 4) is 0 Å². The molecule has 0 unspecified atom stereocenters. The number of aromatic amines is 1. The minimum atomic E-state index is -0.000892. The van der Waals surface area contributed by atoms with Gasteiger partial charge in [0.2, 0.25) is 11.9 Å². The van der Waals surface area contributed by atoms with E-state index in [1.54, 1.807) is 6.08 Å². The van der Waals surface area contributed by atoms with Crippen LogP contribution in [0.3, 0.4) is 0 Å². The zero-order valence-corrected chi connectivity index (χ0v) is 14.3. The molecule has 1 saturated heterocycles. The molecule has 0 bridgehead atoms. The number of fused-ring (bicyclic) bond motifs is 1. The Balaban J connectivity index is 1.50. The number of amides is 1. The van der Waals surface area contributed by atoms with Crippen LogP contribution in [0, 0.1) is 0 Å². The largest absolute Gasteiger partial charge is 0.350 e. The van der Waals surface area contributed by atoms with Crippen LogP contribution in [0.15, 0.2) is 36.4 Å². The van der Waals surface area contributed by atoms with Crippen LogP contribution in [0.2, 0.25) is 0 Å².